The van der Waals surface area contributed by atoms with Gasteiger partial charge in [0.25, 0.3) is 5.91 Å². The third-order valence-electron chi connectivity index (χ3n) is 4.28. The van der Waals surface area contributed by atoms with Crippen LogP contribution in [0.2, 0.25) is 5.02 Å². The number of nitrogens with zero attached hydrogens (tertiary/aromatic N) is 1. The van der Waals surface area contributed by atoms with E-state index < -0.39 is 5.91 Å². The standard InChI is InChI=1S/C20H20ClN3O3/c21-17-8-2-1-7-16(17)20(27)22-12-18(25)23-15-6-3-5-14(11-15)13-24-10-4-9-19(24)26/h1-3,5-8,11H,4,9-10,12-13H2,(H,22,27)(H,23,25). The Morgan fingerprint density at radius 1 is 1.11 bits per heavy atom. The molecular weight excluding hydrogens is 366 g/mol. The summed E-state index contributed by atoms with van der Waals surface area (Å²) in [4.78, 5) is 37.8. The van der Waals surface area contributed by atoms with Crippen molar-refractivity contribution in [3.8, 4) is 0 Å². The Bertz CT molecular complexity index is 869. The predicted molar refractivity (Wildman–Crippen MR) is 104 cm³/mol. The molecule has 1 aliphatic heterocycles. The molecule has 1 aliphatic rings. The molecule has 0 aliphatic carbocycles. The molecule has 0 radical (unpaired) electrons. The van der Waals surface area contributed by atoms with Gasteiger partial charge in [0.05, 0.1) is 17.1 Å². The molecule has 27 heavy (non-hydrogen) atoms. The summed E-state index contributed by atoms with van der Waals surface area (Å²) in [6, 6.07) is 14.0. The smallest absolute Gasteiger partial charge is 0.253 e. The largest absolute Gasteiger partial charge is 0.343 e. The minimum atomic E-state index is -0.406. The van der Waals surface area contributed by atoms with Crippen molar-refractivity contribution in [3.05, 3.63) is 64.7 Å². The number of carbonyl (C=O) groups excluding carboxylic acids is 3. The second-order valence-corrected chi connectivity index (χ2v) is 6.74. The van der Waals surface area contributed by atoms with Gasteiger partial charge in [-0.3, -0.25) is 14.4 Å². The molecule has 0 bridgehead atoms. The van der Waals surface area contributed by atoms with Crippen molar-refractivity contribution in [2.45, 2.75) is 19.4 Å². The topological polar surface area (TPSA) is 78.5 Å². The molecule has 6 nitrogen and oxygen atoms in total. The summed E-state index contributed by atoms with van der Waals surface area (Å²) in [5.41, 5.74) is 1.89. The summed E-state index contributed by atoms with van der Waals surface area (Å²) < 4.78 is 0. The van der Waals surface area contributed by atoms with Gasteiger partial charge in [0.1, 0.15) is 0 Å². The van der Waals surface area contributed by atoms with Gasteiger partial charge < -0.3 is 15.5 Å². The predicted octanol–water partition coefficient (Wildman–Crippen LogP) is 2.83. The van der Waals surface area contributed by atoms with Gasteiger partial charge in [-0.05, 0) is 36.2 Å². The van der Waals surface area contributed by atoms with E-state index in [4.69, 9.17) is 11.6 Å². The van der Waals surface area contributed by atoms with Crippen LogP contribution >= 0.6 is 11.6 Å². The van der Waals surface area contributed by atoms with Crippen LogP contribution in [0.1, 0.15) is 28.8 Å². The van der Waals surface area contributed by atoms with Gasteiger partial charge in [-0.25, -0.2) is 0 Å². The van der Waals surface area contributed by atoms with Crippen LogP contribution in [-0.4, -0.2) is 35.7 Å². The average Bonchev–Trinajstić information content (AvgIpc) is 3.05. The van der Waals surface area contributed by atoms with E-state index in [1.54, 1.807) is 30.3 Å². The van der Waals surface area contributed by atoms with Gasteiger partial charge in [0.15, 0.2) is 0 Å². The third-order valence-corrected chi connectivity index (χ3v) is 4.61. The van der Waals surface area contributed by atoms with Crippen molar-refractivity contribution < 1.29 is 14.4 Å². The Morgan fingerprint density at radius 3 is 2.67 bits per heavy atom. The fraction of sp³-hybridized carbons (Fsp3) is 0.250. The maximum Gasteiger partial charge on any atom is 0.253 e. The summed E-state index contributed by atoms with van der Waals surface area (Å²) >= 11 is 5.97. The van der Waals surface area contributed by atoms with E-state index in [1.807, 2.05) is 23.1 Å². The summed E-state index contributed by atoms with van der Waals surface area (Å²) in [7, 11) is 0. The van der Waals surface area contributed by atoms with Crippen LogP contribution in [0, 0.1) is 0 Å². The molecule has 1 heterocycles. The fourth-order valence-electron chi connectivity index (χ4n) is 2.95. The third kappa shape index (κ3) is 5.08. The van der Waals surface area contributed by atoms with Crippen molar-refractivity contribution in [3.63, 3.8) is 0 Å². The first-order chi connectivity index (χ1) is 13.0. The van der Waals surface area contributed by atoms with E-state index in [2.05, 4.69) is 10.6 Å². The lowest BCUT2D eigenvalue weighted by atomic mass is 10.2. The van der Waals surface area contributed by atoms with E-state index in [1.165, 1.54) is 0 Å². The van der Waals surface area contributed by atoms with E-state index in [0.717, 1.165) is 18.5 Å². The highest BCUT2D eigenvalue weighted by Crippen LogP contribution is 2.17. The molecule has 0 unspecified atom stereocenters. The summed E-state index contributed by atoms with van der Waals surface area (Å²) in [6.45, 7) is 1.13. The van der Waals surface area contributed by atoms with E-state index in [-0.39, 0.29) is 18.4 Å². The SMILES string of the molecule is O=C(CNC(=O)c1ccccc1Cl)Nc1cccc(CN2CCCC2=O)c1. The molecule has 140 valence electrons. The van der Waals surface area contributed by atoms with Gasteiger partial charge in [-0.15, -0.1) is 0 Å². The second-order valence-electron chi connectivity index (χ2n) is 6.33. The number of anilines is 1. The Balaban J connectivity index is 1.53. The molecular formula is C20H20ClN3O3. The van der Waals surface area contributed by atoms with E-state index >= 15 is 0 Å². The molecule has 1 fully saturated rings. The highest BCUT2D eigenvalue weighted by atomic mass is 35.5. The number of likely N-dealkylation sites (tertiary alicyclic amines) is 1. The quantitative estimate of drug-likeness (QED) is 0.802. The Labute approximate surface area is 162 Å². The molecule has 0 spiro atoms. The van der Waals surface area contributed by atoms with Crippen LogP contribution in [0.25, 0.3) is 0 Å². The lowest BCUT2D eigenvalue weighted by Gasteiger charge is -2.16. The Morgan fingerprint density at radius 2 is 1.93 bits per heavy atom. The molecule has 3 rings (SSSR count). The summed E-state index contributed by atoms with van der Waals surface area (Å²) in [5.74, 6) is -0.589. The van der Waals surface area contributed by atoms with Gasteiger partial charge in [-0.1, -0.05) is 35.9 Å². The highest BCUT2D eigenvalue weighted by molar-refractivity contribution is 6.33. The molecule has 0 saturated carbocycles. The van der Waals surface area contributed by atoms with Crippen LogP contribution in [0.5, 0.6) is 0 Å². The van der Waals surface area contributed by atoms with Crippen LogP contribution in [-0.2, 0) is 16.1 Å². The molecule has 7 heteroatoms. The van der Waals surface area contributed by atoms with E-state index in [9.17, 15) is 14.4 Å². The average molecular weight is 386 g/mol. The Hall–Kier alpha value is -2.86. The van der Waals surface area contributed by atoms with Gasteiger partial charge in [-0.2, -0.15) is 0 Å². The second kappa shape index (κ2) is 8.68. The number of rotatable bonds is 6. The van der Waals surface area contributed by atoms with Crippen molar-refractivity contribution >= 4 is 35.0 Å². The van der Waals surface area contributed by atoms with Crippen LogP contribution in [0.4, 0.5) is 5.69 Å². The zero-order valence-electron chi connectivity index (χ0n) is 14.7. The molecule has 0 atom stereocenters. The van der Waals surface area contributed by atoms with Crippen molar-refractivity contribution in [2.24, 2.45) is 0 Å². The number of halogens is 1. The van der Waals surface area contributed by atoms with Crippen LogP contribution in [0.3, 0.4) is 0 Å². The monoisotopic (exact) mass is 385 g/mol. The molecule has 2 N–H and O–H groups in total. The number of nitrogens with one attached hydrogen (secondary N) is 2. The first-order valence-electron chi connectivity index (χ1n) is 8.72. The fourth-order valence-corrected chi connectivity index (χ4v) is 3.17. The zero-order valence-corrected chi connectivity index (χ0v) is 15.5. The first kappa shape index (κ1) is 18.9. The first-order valence-corrected chi connectivity index (χ1v) is 9.10. The maximum absolute atomic E-state index is 12.1. The maximum atomic E-state index is 12.1. The number of amides is 3. The number of carbonyl (C=O) groups is 3. The summed E-state index contributed by atoms with van der Waals surface area (Å²) in [6.07, 6.45) is 1.49. The minimum Gasteiger partial charge on any atom is -0.343 e. The van der Waals surface area contributed by atoms with Gasteiger partial charge in [0.2, 0.25) is 11.8 Å². The highest BCUT2D eigenvalue weighted by Gasteiger charge is 2.20. The molecule has 1 saturated heterocycles. The van der Waals surface area contributed by atoms with Crippen LogP contribution in [0.15, 0.2) is 48.5 Å². The van der Waals surface area contributed by atoms with E-state index in [0.29, 0.717) is 29.2 Å². The van der Waals surface area contributed by atoms with Crippen molar-refractivity contribution in [2.75, 3.05) is 18.4 Å². The van der Waals surface area contributed by atoms with Gasteiger partial charge >= 0.3 is 0 Å². The molecule has 3 amide bonds. The minimum absolute atomic E-state index is 0.159. The molecule has 0 aromatic heterocycles. The lowest BCUT2D eigenvalue weighted by Crippen LogP contribution is -2.33. The molecule has 2 aromatic rings. The number of hydrogen-bond donors (Lipinski definition) is 2. The summed E-state index contributed by atoms with van der Waals surface area (Å²) in [5, 5.41) is 5.63. The van der Waals surface area contributed by atoms with Crippen molar-refractivity contribution in [1.29, 1.82) is 0 Å². The number of benzene rings is 2. The van der Waals surface area contributed by atoms with Gasteiger partial charge in [0, 0.05) is 25.2 Å². The zero-order chi connectivity index (χ0) is 19.2. The lowest BCUT2D eigenvalue weighted by molar-refractivity contribution is -0.128. The van der Waals surface area contributed by atoms with Crippen molar-refractivity contribution in [1.82, 2.24) is 10.2 Å². The molecule has 2 aromatic carbocycles. The Kier molecular flexibility index (Phi) is 6.08. The van der Waals surface area contributed by atoms with Crippen LogP contribution < -0.4 is 10.6 Å². The normalized spacial score (nSPS) is 13.5. The number of hydrogen-bond acceptors (Lipinski definition) is 3.